The summed E-state index contributed by atoms with van der Waals surface area (Å²) in [6.07, 6.45) is 6.48. The van der Waals surface area contributed by atoms with Crippen LogP contribution in [0.15, 0.2) is 54.6 Å². The van der Waals surface area contributed by atoms with Crippen molar-refractivity contribution in [2.45, 2.75) is 51.1 Å². The normalized spacial score (nSPS) is 16.0. The van der Waals surface area contributed by atoms with Crippen LogP contribution in [0.5, 0.6) is 11.5 Å². The Morgan fingerprint density at radius 2 is 1.53 bits per heavy atom. The molecule has 1 saturated carbocycles. The molecule has 0 bridgehead atoms. The molecule has 3 rings (SSSR count). The third-order valence-electron chi connectivity index (χ3n) is 5.61. The quantitative estimate of drug-likeness (QED) is 0.652. The van der Waals surface area contributed by atoms with E-state index in [1.807, 2.05) is 30.3 Å². The number of hydrogen-bond donors (Lipinski definition) is 0. The SMILES string of the molecule is C[C@@H](C(=O)N(C)C1CCCCC1)N(c1ccc(Oc2ccccc2)cc1)S(C)(=O)=O. The zero-order chi connectivity index (χ0) is 21.7. The van der Waals surface area contributed by atoms with Crippen molar-refractivity contribution in [3.63, 3.8) is 0 Å². The van der Waals surface area contributed by atoms with Crippen molar-refractivity contribution in [3.05, 3.63) is 54.6 Å². The van der Waals surface area contributed by atoms with Gasteiger partial charge in [0.2, 0.25) is 15.9 Å². The van der Waals surface area contributed by atoms with E-state index >= 15 is 0 Å². The van der Waals surface area contributed by atoms with Crippen LogP contribution in [-0.4, -0.2) is 44.6 Å². The molecular weight excluding hydrogens is 400 g/mol. The standard InChI is InChI=1S/C23H30N2O4S/c1-18(23(26)24(2)19-10-6-4-7-11-19)25(30(3,27)28)20-14-16-22(17-15-20)29-21-12-8-5-9-13-21/h5,8-9,12-19H,4,6-7,10-11H2,1-3H3/t18-/m0/s1. The summed E-state index contributed by atoms with van der Waals surface area (Å²) in [4.78, 5) is 14.8. The zero-order valence-corrected chi connectivity index (χ0v) is 18.6. The first kappa shape index (κ1) is 22.2. The molecule has 2 aromatic carbocycles. The van der Waals surface area contributed by atoms with E-state index in [1.165, 1.54) is 10.7 Å². The number of amides is 1. The van der Waals surface area contributed by atoms with Crippen LogP contribution >= 0.6 is 0 Å². The second-order valence-electron chi connectivity index (χ2n) is 7.88. The number of likely N-dealkylation sites (N-methyl/N-ethyl adjacent to an activating group) is 1. The van der Waals surface area contributed by atoms with Crippen molar-refractivity contribution in [2.24, 2.45) is 0 Å². The van der Waals surface area contributed by atoms with E-state index in [0.717, 1.165) is 31.9 Å². The lowest BCUT2D eigenvalue weighted by Crippen LogP contribution is -2.51. The maximum absolute atomic E-state index is 13.1. The Kier molecular flexibility index (Phi) is 7.02. The lowest BCUT2D eigenvalue weighted by molar-refractivity contribution is -0.133. The maximum Gasteiger partial charge on any atom is 0.246 e. The number of hydrogen-bond acceptors (Lipinski definition) is 4. The van der Waals surface area contributed by atoms with E-state index in [9.17, 15) is 13.2 Å². The van der Waals surface area contributed by atoms with Crippen LogP contribution in [0.4, 0.5) is 5.69 Å². The average molecular weight is 431 g/mol. The Balaban J connectivity index is 1.79. The van der Waals surface area contributed by atoms with Crippen molar-refractivity contribution in [3.8, 4) is 11.5 Å². The third kappa shape index (κ3) is 5.33. The highest BCUT2D eigenvalue weighted by Crippen LogP contribution is 2.28. The molecule has 0 spiro atoms. The molecule has 6 nitrogen and oxygen atoms in total. The largest absolute Gasteiger partial charge is 0.457 e. The molecule has 1 aliphatic carbocycles. The molecule has 0 radical (unpaired) electrons. The van der Waals surface area contributed by atoms with E-state index in [0.29, 0.717) is 17.2 Å². The molecular formula is C23H30N2O4S. The van der Waals surface area contributed by atoms with Gasteiger partial charge in [-0.2, -0.15) is 0 Å². The minimum atomic E-state index is -3.65. The van der Waals surface area contributed by atoms with Gasteiger partial charge in [0, 0.05) is 13.1 Å². The Hall–Kier alpha value is -2.54. The number of benzene rings is 2. The summed E-state index contributed by atoms with van der Waals surface area (Å²) in [6, 6.07) is 15.5. The van der Waals surface area contributed by atoms with Crippen LogP contribution in [0.3, 0.4) is 0 Å². The van der Waals surface area contributed by atoms with Crippen molar-refractivity contribution in [1.82, 2.24) is 4.90 Å². The number of para-hydroxylation sites is 1. The Morgan fingerprint density at radius 3 is 2.10 bits per heavy atom. The molecule has 0 heterocycles. The molecule has 1 atom stereocenters. The molecule has 0 saturated heterocycles. The highest BCUT2D eigenvalue weighted by molar-refractivity contribution is 7.92. The van der Waals surface area contributed by atoms with E-state index in [4.69, 9.17) is 4.74 Å². The van der Waals surface area contributed by atoms with Crippen LogP contribution in [0.1, 0.15) is 39.0 Å². The number of anilines is 1. The molecule has 2 aromatic rings. The molecule has 1 amide bonds. The number of rotatable bonds is 7. The topological polar surface area (TPSA) is 66.9 Å². The molecule has 0 aliphatic heterocycles. The first-order valence-electron chi connectivity index (χ1n) is 10.4. The fourth-order valence-electron chi connectivity index (χ4n) is 4.03. The molecule has 0 aromatic heterocycles. The predicted molar refractivity (Wildman–Crippen MR) is 119 cm³/mol. The lowest BCUT2D eigenvalue weighted by atomic mass is 9.94. The summed E-state index contributed by atoms with van der Waals surface area (Å²) < 4.78 is 32.1. The second-order valence-corrected chi connectivity index (χ2v) is 9.74. The summed E-state index contributed by atoms with van der Waals surface area (Å²) in [6.45, 7) is 1.65. The fourth-order valence-corrected chi connectivity index (χ4v) is 5.20. The van der Waals surface area contributed by atoms with Gasteiger partial charge in [-0.05, 0) is 56.2 Å². The smallest absolute Gasteiger partial charge is 0.246 e. The summed E-state index contributed by atoms with van der Waals surface area (Å²) in [7, 11) is -1.87. The Morgan fingerprint density at radius 1 is 0.967 bits per heavy atom. The highest BCUT2D eigenvalue weighted by Gasteiger charge is 2.33. The summed E-state index contributed by atoms with van der Waals surface area (Å²) in [5.74, 6) is 1.11. The maximum atomic E-state index is 13.1. The Bertz CT molecular complexity index is 939. The van der Waals surface area contributed by atoms with Gasteiger partial charge in [-0.15, -0.1) is 0 Å². The second kappa shape index (κ2) is 9.51. The monoisotopic (exact) mass is 430 g/mol. The van der Waals surface area contributed by atoms with Gasteiger partial charge >= 0.3 is 0 Å². The minimum absolute atomic E-state index is 0.178. The first-order valence-corrected chi connectivity index (χ1v) is 12.2. The Labute approximate surface area is 179 Å². The fraction of sp³-hybridized carbons (Fsp3) is 0.435. The molecule has 1 aliphatic rings. The summed E-state index contributed by atoms with van der Waals surface area (Å²) in [5, 5.41) is 0. The number of carbonyl (C=O) groups is 1. The van der Waals surface area contributed by atoms with E-state index in [-0.39, 0.29) is 11.9 Å². The first-order chi connectivity index (χ1) is 14.3. The van der Waals surface area contributed by atoms with Gasteiger partial charge < -0.3 is 9.64 Å². The molecule has 162 valence electrons. The number of ether oxygens (including phenoxy) is 1. The number of nitrogens with zero attached hydrogens (tertiary/aromatic N) is 2. The number of sulfonamides is 1. The summed E-state index contributed by atoms with van der Waals surface area (Å²) >= 11 is 0. The average Bonchev–Trinajstić information content (AvgIpc) is 2.74. The summed E-state index contributed by atoms with van der Waals surface area (Å²) in [5.41, 5.74) is 0.441. The van der Waals surface area contributed by atoms with Crippen LogP contribution < -0.4 is 9.04 Å². The van der Waals surface area contributed by atoms with Crippen LogP contribution in [0.25, 0.3) is 0 Å². The van der Waals surface area contributed by atoms with E-state index in [1.54, 1.807) is 43.1 Å². The molecule has 7 heteroatoms. The van der Waals surface area contributed by atoms with Gasteiger partial charge in [0.05, 0.1) is 11.9 Å². The van der Waals surface area contributed by atoms with Crippen LogP contribution in [0.2, 0.25) is 0 Å². The highest BCUT2D eigenvalue weighted by atomic mass is 32.2. The van der Waals surface area contributed by atoms with E-state index < -0.39 is 16.1 Å². The van der Waals surface area contributed by atoms with Crippen molar-refractivity contribution in [1.29, 1.82) is 0 Å². The molecule has 0 N–H and O–H groups in total. The van der Waals surface area contributed by atoms with Gasteiger partial charge in [0.25, 0.3) is 0 Å². The third-order valence-corrected chi connectivity index (χ3v) is 6.85. The van der Waals surface area contributed by atoms with Crippen LogP contribution in [-0.2, 0) is 14.8 Å². The van der Waals surface area contributed by atoms with E-state index in [2.05, 4.69) is 0 Å². The van der Waals surface area contributed by atoms with Gasteiger partial charge in [0.15, 0.2) is 0 Å². The minimum Gasteiger partial charge on any atom is -0.457 e. The molecule has 1 fully saturated rings. The molecule has 0 unspecified atom stereocenters. The van der Waals surface area contributed by atoms with Crippen molar-refractivity contribution >= 4 is 21.6 Å². The van der Waals surface area contributed by atoms with Crippen molar-refractivity contribution < 1.29 is 17.9 Å². The zero-order valence-electron chi connectivity index (χ0n) is 17.8. The predicted octanol–water partition coefficient (Wildman–Crippen LogP) is 4.42. The molecule has 30 heavy (non-hydrogen) atoms. The van der Waals surface area contributed by atoms with Gasteiger partial charge in [0.1, 0.15) is 17.5 Å². The van der Waals surface area contributed by atoms with Gasteiger partial charge in [-0.25, -0.2) is 8.42 Å². The van der Waals surface area contributed by atoms with Gasteiger partial charge in [-0.1, -0.05) is 37.5 Å². The van der Waals surface area contributed by atoms with Crippen LogP contribution in [0, 0.1) is 0 Å². The van der Waals surface area contributed by atoms with Crippen molar-refractivity contribution in [2.75, 3.05) is 17.6 Å². The number of carbonyl (C=O) groups excluding carboxylic acids is 1. The van der Waals surface area contributed by atoms with Gasteiger partial charge in [-0.3, -0.25) is 9.10 Å². The lowest BCUT2D eigenvalue weighted by Gasteiger charge is -2.36.